The van der Waals surface area contributed by atoms with Crippen LogP contribution in [0.2, 0.25) is 0 Å². The third-order valence-corrected chi connectivity index (χ3v) is 4.46. The van der Waals surface area contributed by atoms with Crippen molar-refractivity contribution in [3.8, 4) is 5.75 Å². The number of nitrogens with one attached hydrogen (secondary N) is 1. The lowest BCUT2D eigenvalue weighted by Crippen LogP contribution is -2.12. The van der Waals surface area contributed by atoms with Gasteiger partial charge in [0.15, 0.2) is 0 Å². The Kier molecular flexibility index (Phi) is 6.59. The number of nitrogens with two attached hydrogens (primary N) is 1. The number of hydrogen-bond acceptors (Lipinski definition) is 7. The highest BCUT2D eigenvalue weighted by Gasteiger charge is 2.19. The number of hydrogen-bond donors (Lipinski definition) is 2. The molecule has 0 saturated heterocycles. The van der Waals surface area contributed by atoms with Gasteiger partial charge >= 0.3 is 6.61 Å². The molecular formula is C16H16F2N4O5S. The molecule has 0 aliphatic heterocycles. The number of nitro groups is 1. The average Bonchev–Trinajstić information content (AvgIpc) is 2.62. The molecule has 2 aromatic carbocycles. The lowest BCUT2D eigenvalue weighted by molar-refractivity contribution is -0.384. The Morgan fingerprint density at radius 2 is 1.93 bits per heavy atom. The molecule has 12 heteroatoms. The molecule has 0 radical (unpaired) electrons. The summed E-state index contributed by atoms with van der Waals surface area (Å²) >= 11 is 0. The first-order valence-corrected chi connectivity index (χ1v) is 9.35. The summed E-state index contributed by atoms with van der Waals surface area (Å²) in [5.41, 5.74) is 3.03. The summed E-state index contributed by atoms with van der Waals surface area (Å²) in [5, 5.41) is 20.3. The van der Waals surface area contributed by atoms with Gasteiger partial charge in [0.2, 0.25) is 10.0 Å². The van der Waals surface area contributed by atoms with E-state index in [-0.39, 0.29) is 11.4 Å². The van der Waals surface area contributed by atoms with Crippen molar-refractivity contribution in [3.05, 3.63) is 58.1 Å². The number of alkyl halides is 2. The van der Waals surface area contributed by atoms with Crippen LogP contribution in [0.5, 0.6) is 5.75 Å². The molecule has 0 amide bonds. The van der Waals surface area contributed by atoms with Gasteiger partial charge in [-0.25, -0.2) is 13.6 Å². The van der Waals surface area contributed by atoms with Crippen molar-refractivity contribution in [2.45, 2.75) is 24.9 Å². The van der Waals surface area contributed by atoms with E-state index in [2.05, 4.69) is 15.3 Å². The SMILES string of the molecule is CC/C(=N\Nc1ccc(S(N)(=O)=O)cc1[N+](=O)[O-])c1ccc(OC(F)F)cc1. The fourth-order valence-electron chi connectivity index (χ4n) is 2.24. The molecule has 3 N–H and O–H groups in total. The van der Waals surface area contributed by atoms with Gasteiger partial charge in [0.05, 0.1) is 15.5 Å². The highest BCUT2D eigenvalue weighted by atomic mass is 32.2. The van der Waals surface area contributed by atoms with Gasteiger partial charge in [-0.15, -0.1) is 0 Å². The number of rotatable bonds is 8. The summed E-state index contributed by atoms with van der Waals surface area (Å²) < 4.78 is 51.4. The Labute approximate surface area is 159 Å². The van der Waals surface area contributed by atoms with E-state index in [0.29, 0.717) is 17.7 Å². The molecule has 0 heterocycles. The fraction of sp³-hybridized carbons (Fsp3) is 0.188. The minimum absolute atomic E-state index is 0.0172. The summed E-state index contributed by atoms with van der Waals surface area (Å²) in [6.45, 7) is -1.16. The van der Waals surface area contributed by atoms with Crippen molar-refractivity contribution in [3.63, 3.8) is 0 Å². The zero-order valence-corrected chi connectivity index (χ0v) is 15.3. The first kappa shape index (κ1) is 21.2. The fourth-order valence-corrected chi connectivity index (χ4v) is 2.77. The Balaban J connectivity index is 2.30. The summed E-state index contributed by atoms with van der Waals surface area (Å²) in [5.74, 6) is -0.0172. The molecule has 0 aliphatic rings. The number of sulfonamides is 1. The van der Waals surface area contributed by atoms with E-state index in [1.54, 1.807) is 6.92 Å². The van der Waals surface area contributed by atoms with Gasteiger partial charge in [0.25, 0.3) is 5.69 Å². The maximum atomic E-state index is 12.2. The minimum atomic E-state index is -4.10. The molecule has 0 aliphatic carbocycles. The number of primary sulfonamides is 1. The van der Waals surface area contributed by atoms with Crippen LogP contribution in [0.15, 0.2) is 52.5 Å². The molecule has 0 atom stereocenters. The molecule has 0 bridgehead atoms. The van der Waals surface area contributed by atoms with Gasteiger partial charge in [-0.1, -0.05) is 6.92 Å². The van der Waals surface area contributed by atoms with E-state index in [0.717, 1.165) is 12.1 Å². The number of anilines is 1. The van der Waals surface area contributed by atoms with Crippen LogP contribution in [0.3, 0.4) is 0 Å². The van der Waals surface area contributed by atoms with Crippen LogP contribution in [0.1, 0.15) is 18.9 Å². The zero-order valence-electron chi connectivity index (χ0n) is 14.5. The second-order valence-electron chi connectivity index (χ2n) is 5.41. The number of benzene rings is 2. The molecule has 2 aromatic rings. The highest BCUT2D eigenvalue weighted by molar-refractivity contribution is 7.89. The number of hydrazone groups is 1. The summed E-state index contributed by atoms with van der Waals surface area (Å²) in [6, 6.07) is 8.83. The first-order valence-electron chi connectivity index (χ1n) is 7.81. The molecule has 2 rings (SSSR count). The van der Waals surface area contributed by atoms with Crippen molar-refractivity contribution in [1.82, 2.24) is 0 Å². The molecule has 0 spiro atoms. The van der Waals surface area contributed by atoms with Crippen molar-refractivity contribution < 1.29 is 26.9 Å². The van der Waals surface area contributed by atoms with E-state index in [9.17, 15) is 27.3 Å². The smallest absolute Gasteiger partial charge is 0.387 e. The Morgan fingerprint density at radius 3 is 2.43 bits per heavy atom. The van der Waals surface area contributed by atoms with Crippen LogP contribution in [0.25, 0.3) is 0 Å². The third kappa shape index (κ3) is 5.44. The summed E-state index contributed by atoms with van der Waals surface area (Å²) in [7, 11) is -4.10. The Hall–Kier alpha value is -3.12. The van der Waals surface area contributed by atoms with Gasteiger partial charge < -0.3 is 4.74 Å². The second-order valence-corrected chi connectivity index (χ2v) is 6.97. The molecule has 150 valence electrons. The molecule has 0 fully saturated rings. The van der Waals surface area contributed by atoms with Crippen LogP contribution in [-0.4, -0.2) is 25.7 Å². The van der Waals surface area contributed by atoms with Crippen LogP contribution in [0, 0.1) is 10.1 Å². The van der Waals surface area contributed by atoms with Crippen LogP contribution < -0.4 is 15.3 Å². The quantitative estimate of drug-likeness (QED) is 0.387. The second kappa shape index (κ2) is 8.71. The maximum Gasteiger partial charge on any atom is 0.387 e. The van der Waals surface area contributed by atoms with Crippen molar-refractivity contribution >= 4 is 27.1 Å². The maximum absolute atomic E-state index is 12.2. The van der Waals surface area contributed by atoms with Gasteiger partial charge in [-0.3, -0.25) is 15.5 Å². The minimum Gasteiger partial charge on any atom is -0.435 e. The van der Waals surface area contributed by atoms with E-state index >= 15 is 0 Å². The van der Waals surface area contributed by atoms with E-state index in [1.165, 1.54) is 30.3 Å². The standard InChI is InChI=1S/C16H16F2N4O5S/c1-2-13(10-3-5-11(6-4-10)27-16(17)18)20-21-14-8-7-12(28(19,25)26)9-15(14)22(23)24/h3-9,16,21H,2H2,1H3,(H2,19,25,26)/b20-13+. The van der Waals surface area contributed by atoms with Gasteiger partial charge in [0, 0.05) is 6.07 Å². The molecule has 0 saturated carbocycles. The predicted octanol–water partition coefficient (Wildman–Crippen LogP) is 3.07. The lowest BCUT2D eigenvalue weighted by Gasteiger charge is -2.09. The number of nitro benzene ring substituents is 1. The van der Waals surface area contributed by atoms with E-state index in [4.69, 9.17) is 5.14 Å². The monoisotopic (exact) mass is 414 g/mol. The molecule has 9 nitrogen and oxygen atoms in total. The topological polar surface area (TPSA) is 137 Å². The lowest BCUT2D eigenvalue weighted by atomic mass is 10.1. The number of ether oxygens (including phenoxy) is 1. The zero-order chi connectivity index (χ0) is 20.9. The summed E-state index contributed by atoms with van der Waals surface area (Å²) in [4.78, 5) is 10.0. The van der Waals surface area contributed by atoms with Crippen LogP contribution in [-0.2, 0) is 10.0 Å². The molecule has 28 heavy (non-hydrogen) atoms. The van der Waals surface area contributed by atoms with Gasteiger partial charge in [-0.2, -0.15) is 13.9 Å². The number of halogens is 2. The average molecular weight is 414 g/mol. The molecule has 0 unspecified atom stereocenters. The van der Waals surface area contributed by atoms with Crippen LogP contribution >= 0.6 is 0 Å². The molecular weight excluding hydrogens is 398 g/mol. The van der Waals surface area contributed by atoms with Crippen molar-refractivity contribution in [2.24, 2.45) is 10.2 Å². The number of nitrogens with zero attached hydrogens (tertiary/aromatic N) is 2. The molecule has 0 aromatic heterocycles. The van der Waals surface area contributed by atoms with E-state index in [1.807, 2.05) is 0 Å². The van der Waals surface area contributed by atoms with Gasteiger partial charge in [-0.05, 0) is 48.4 Å². The Morgan fingerprint density at radius 1 is 1.29 bits per heavy atom. The largest absolute Gasteiger partial charge is 0.435 e. The normalized spacial score (nSPS) is 12.1. The first-order chi connectivity index (χ1) is 13.1. The van der Waals surface area contributed by atoms with Crippen molar-refractivity contribution in [1.29, 1.82) is 0 Å². The van der Waals surface area contributed by atoms with Crippen molar-refractivity contribution in [2.75, 3.05) is 5.43 Å². The highest BCUT2D eigenvalue weighted by Crippen LogP contribution is 2.27. The summed E-state index contributed by atoms with van der Waals surface area (Å²) in [6.07, 6.45) is 0.422. The predicted molar refractivity (Wildman–Crippen MR) is 98.0 cm³/mol. The van der Waals surface area contributed by atoms with Gasteiger partial charge in [0.1, 0.15) is 11.4 Å². The van der Waals surface area contributed by atoms with Crippen LogP contribution in [0.4, 0.5) is 20.2 Å². The third-order valence-electron chi connectivity index (χ3n) is 3.55. The Bertz CT molecular complexity index is 995. The van der Waals surface area contributed by atoms with E-state index < -0.39 is 32.1 Å².